The zero-order valence-electron chi connectivity index (χ0n) is 7.03. The van der Waals surface area contributed by atoms with Crippen LogP contribution >= 0.6 is 0 Å². The Morgan fingerprint density at radius 1 is 1.75 bits per heavy atom. The van der Waals surface area contributed by atoms with Gasteiger partial charge < -0.3 is 10.2 Å². The van der Waals surface area contributed by atoms with Gasteiger partial charge in [0.1, 0.15) is 12.2 Å². The summed E-state index contributed by atoms with van der Waals surface area (Å²) in [7, 11) is 3.35. The highest BCUT2D eigenvalue weighted by atomic mass is 16.2. The topological polar surface area (TPSA) is 73.9 Å². The van der Waals surface area contributed by atoms with Gasteiger partial charge in [0, 0.05) is 14.1 Å². The highest BCUT2D eigenvalue weighted by Gasteiger charge is 2.02. The molecule has 2 amide bonds. The van der Waals surface area contributed by atoms with E-state index < -0.39 is 0 Å². The van der Waals surface area contributed by atoms with Crippen molar-refractivity contribution in [2.75, 3.05) is 14.1 Å². The molecule has 1 aromatic heterocycles. The lowest BCUT2D eigenvalue weighted by Gasteiger charge is -2.10. The van der Waals surface area contributed by atoms with Crippen molar-refractivity contribution in [2.45, 2.75) is 6.54 Å². The summed E-state index contributed by atoms with van der Waals surface area (Å²) in [4.78, 5) is 16.3. The second-order valence-electron chi connectivity index (χ2n) is 2.49. The van der Waals surface area contributed by atoms with Gasteiger partial charge in [-0.3, -0.25) is 5.10 Å². The first-order valence-corrected chi connectivity index (χ1v) is 3.49. The molecule has 1 heterocycles. The van der Waals surface area contributed by atoms with Gasteiger partial charge in [0.15, 0.2) is 0 Å². The third kappa shape index (κ3) is 2.22. The monoisotopic (exact) mass is 169 g/mol. The van der Waals surface area contributed by atoms with E-state index in [0.717, 1.165) is 0 Å². The highest BCUT2D eigenvalue weighted by Crippen LogP contribution is 1.85. The summed E-state index contributed by atoms with van der Waals surface area (Å²) < 4.78 is 0. The first-order valence-electron chi connectivity index (χ1n) is 3.49. The summed E-state index contributed by atoms with van der Waals surface area (Å²) in [6.07, 6.45) is 1.40. The lowest BCUT2D eigenvalue weighted by molar-refractivity contribution is 0.216. The van der Waals surface area contributed by atoms with Crippen LogP contribution in [0.3, 0.4) is 0 Å². The molecule has 0 aliphatic rings. The molecule has 0 saturated carbocycles. The molecule has 6 nitrogen and oxygen atoms in total. The maximum absolute atomic E-state index is 11.0. The number of aromatic nitrogens is 3. The molecule has 6 heteroatoms. The molecule has 2 N–H and O–H groups in total. The summed E-state index contributed by atoms with van der Waals surface area (Å²) in [6, 6.07) is -0.147. The van der Waals surface area contributed by atoms with E-state index in [1.165, 1.54) is 11.2 Å². The first kappa shape index (κ1) is 8.51. The van der Waals surface area contributed by atoms with Crippen LogP contribution in [0.15, 0.2) is 6.33 Å². The number of nitrogens with one attached hydrogen (secondary N) is 2. The van der Waals surface area contributed by atoms with Crippen LogP contribution in [-0.4, -0.2) is 40.2 Å². The molecule has 0 bridgehead atoms. The molecule has 0 radical (unpaired) electrons. The molecule has 0 aliphatic heterocycles. The molecular formula is C6H11N5O. The van der Waals surface area contributed by atoms with Gasteiger partial charge in [-0.15, -0.1) is 0 Å². The van der Waals surface area contributed by atoms with Gasteiger partial charge in [-0.2, -0.15) is 5.10 Å². The number of urea groups is 1. The van der Waals surface area contributed by atoms with Crippen LogP contribution in [0.5, 0.6) is 0 Å². The van der Waals surface area contributed by atoms with E-state index in [4.69, 9.17) is 0 Å². The smallest absolute Gasteiger partial charge is 0.317 e. The number of hydrogen-bond donors (Lipinski definition) is 2. The number of carbonyl (C=O) groups excluding carboxylic acids is 1. The SMILES string of the molecule is CN(C)C(=O)NCc1ncn[nH]1. The predicted octanol–water partition coefficient (Wildman–Crippen LogP) is -0.424. The van der Waals surface area contributed by atoms with Crippen molar-refractivity contribution >= 4 is 6.03 Å². The van der Waals surface area contributed by atoms with Crippen LogP contribution < -0.4 is 5.32 Å². The number of H-pyrrole nitrogens is 1. The number of hydrogen-bond acceptors (Lipinski definition) is 3. The molecule has 66 valence electrons. The summed E-state index contributed by atoms with van der Waals surface area (Å²) in [5.41, 5.74) is 0. The Hall–Kier alpha value is -1.59. The molecule has 1 rings (SSSR count). The van der Waals surface area contributed by atoms with Gasteiger partial charge in [-0.1, -0.05) is 0 Å². The Balaban J connectivity index is 2.32. The standard InChI is InChI=1S/C6H11N5O/c1-11(2)6(12)7-3-5-8-4-9-10-5/h4H,3H2,1-2H3,(H,7,12)(H,8,9,10). The Kier molecular flexibility index (Phi) is 2.62. The Morgan fingerprint density at radius 2 is 2.50 bits per heavy atom. The minimum Gasteiger partial charge on any atom is -0.331 e. The zero-order chi connectivity index (χ0) is 8.97. The number of nitrogens with zero attached hydrogens (tertiary/aromatic N) is 3. The van der Waals surface area contributed by atoms with Gasteiger partial charge in [-0.25, -0.2) is 9.78 Å². The largest absolute Gasteiger partial charge is 0.331 e. The summed E-state index contributed by atoms with van der Waals surface area (Å²) in [5.74, 6) is 0.644. The Morgan fingerprint density at radius 3 is 3.00 bits per heavy atom. The molecule has 0 unspecified atom stereocenters. The lowest BCUT2D eigenvalue weighted by Crippen LogP contribution is -2.34. The zero-order valence-corrected chi connectivity index (χ0v) is 7.03. The van der Waals surface area contributed by atoms with Gasteiger partial charge in [0.2, 0.25) is 0 Å². The van der Waals surface area contributed by atoms with E-state index in [2.05, 4.69) is 20.5 Å². The average Bonchev–Trinajstić information content (AvgIpc) is 2.51. The van der Waals surface area contributed by atoms with Gasteiger partial charge in [0.25, 0.3) is 0 Å². The molecule has 0 aliphatic carbocycles. The summed E-state index contributed by atoms with van der Waals surface area (Å²) in [6.45, 7) is 0.372. The van der Waals surface area contributed by atoms with Crippen molar-refractivity contribution in [1.82, 2.24) is 25.4 Å². The maximum Gasteiger partial charge on any atom is 0.317 e. The lowest BCUT2D eigenvalue weighted by atomic mass is 10.6. The minimum atomic E-state index is -0.147. The number of rotatable bonds is 2. The van der Waals surface area contributed by atoms with Crippen molar-refractivity contribution in [3.8, 4) is 0 Å². The Bertz CT molecular complexity index is 242. The van der Waals surface area contributed by atoms with E-state index in [0.29, 0.717) is 12.4 Å². The molecule has 12 heavy (non-hydrogen) atoms. The van der Waals surface area contributed by atoms with Crippen molar-refractivity contribution in [2.24, 2.45) is 0 Å². The van der Waals surface area contributed by atoms with Crippen molar-refractivity contribution in [3.63, 3.8) is 0 Å². The van der Waals surface area contributed by atoms with E-state index in [1.807, 2.05) is 0 Å². The van der Waals surface area contributed by atoms with Crippen LogP contribution in [0.25, 0.3) is 0 Å². The molecular weight excluding hydrogens is 158 g/mol. The van der Waals surface area contributed by atoms with E-state index in [9.17, 15) is 4.79 Å². The van der Waals surface area contributed by atoms with Crippen molar-refractivity contribution < 1.29 is 4.79 Å². The normalized spacial score (nSPS) is 9.50. The van der Waals surface area contributed by atoms with Crippen molar-refractivity contribution in [1.29, 1.82) is 0 Å². The molecule has 0 fully saturated rings. The number of carbonyl (C=O) groups is 1. The summed E-state index contributed by atoms with van der Waals surface area (Å²) >= 11 is 0. The van der Waals surface area contributed by atoms with Crippen LogP contribution in [-0.2, 0) is 6.54 Å². The quantitative estimate of drug-likeness (QED) is 0.631. The maximum atomic E-state index is 11.0. The van der Waals surface area contributed by atoms with Gasteiger partial charge in [0.05, 0.1) is 6.54 Å². The molecule has 0 saturated heterocycles. The highest BCUT2D eigenvalue weighted by molar-refractivity contribution is 5.73. The van der Waals surface area contributed by atoms with Gasteiger partial charge in [-0.05, 0) is 0 Å². The second-order valence-corrected chi connectivity index (χ2v) is 2.49. The minimum absolute atomic E-state index is 0.147. The average molecular weight is 169 g/mol. The van der Waals surface area contributed by atoms with Crippen LogP contribution in [0.1, 0.15) is 5.82 Å². The van der Waals surface area contributed by atoms with Crippen LogP contribution in [0.2, 0.25) is 0 Å². The Labute approximate surface area is 70.0 Å². The van der Waals surface area contributed by atoms with Crippen molar-refractivity contribution in [3.05, 3.63) is 12.2 Å². The molecule has 0 spiro atoms. The van der Waals surface area contributed by atoms with E-state index >= 15 is 0 Å². The fourth-order valence-electron chi connectivity index (χ4n) is 0.633. The second kappa shape index (κ2) is 3.70. The van der Waals surface area contributed by atoms with Crippen LogP contribution in [0.4, 0.5) is 4.79 Å². The first-order chi connectivity index (χ1) is 5.70. The van der Waals surface area contributed by atoms with E-state index in [-0.39, 0.29) is 6.03 Å². The number of aromatic amines is 1. The van der Waals surface area contributed by atoms with Gasteiger partial charge >= 0.3 is 6.03 Å². The molecule has 0 atom stereocenters. The molecule has 0 aromatic carbocycles. The number of amides is 2. The third-order valence-corrected chi connectivity index (χ3v) is 1.28. The molecule has 1 aromatic rings. The summed E-state index contributed by atoms with van der Waals surface area (Å²) in [5, 5.41) is 8.92. The van der Waals surface area contributed by atoms with Crippen LogP contribution in [0, 0.1) is 0 Å². The fourth-order valence-corrected chi connectivity index (χ4v) is 0.633. The predicted molar refractivity (Wildman–Crippen MR) is 42.3 cm³/mol. The fraction of sp³-hybridized carbons (Fsp3) is 0.500. The third-order valence-electron chi connectivity index (χ3n) is 1.28. The van der Waals surface area contributed by atoms with E-state index in [1.54, 1.807) is 14.1 Å².